The van der Waals surface area contributed by atoms with Crippen LogP contribution in [0.5, 0.6) is 0 Å². The van der Waals surface area contributed by atoms with E-state index in [1.807, 2.05) is 0 Å². The summed E-state index contributed by atoms with van der Waals surface area (Å²) >= 11 is 0. The second kappa shape index (κ2) is 7.25. The number of aromatic nitrogens is 3. The van der Waals surface area contributed by atoms with Crippen molar-refractivity contribution in [2.24, 2.45) is 0 Å². The molecule has 0 radical (unpaired) electrons. The molecule has 2 amide bonds. The normalized spacial score (nSPS) is 13.9. The summed E-state index contributed by atoms with van der Waals surface area (Å²) in [5.74, 6) is -2.42. The van der Waals surface area contributed by atoms with Crippen LogP contribution in [0.15, 0.2) is 24.5 Å². The van der Waals surface area contributed by atoms with Gasteiger partial charge in [-0.3, -0.25) is 14.9 Å². The quantitative estimate of drug-likeness (QED) is 0.771. The van der Waals surface area contributed by atoms with Crippen LogP contribution in [0.2, 0.25) is 0 Å². The van der Waals surface area contributed by atoms with Gasteiger partial charge >= 0.3 is 6.18 Å². The van der Waals surface area contributed by atoms with E-state index in [1.165, 1.54) is 0 Å². The van der Waals surface area contributed by atoms with Gasteiger partial charge in [-0.15, -0.1) is 0 Å². The third-order valence-electron chi connectivity index (χ3n) is 3.70. The molecule has 0 aliphatic heterocycles. The minimum Gasteiger partial charge on any atom is -0.343 e. The van der Waals surface area contributed by atoms with Gasteiger partial charge in [-0.25, -0.2) is 19.3 Å². The first-order chi connectivity index (χ1) is 12.7. The van der Waals surface area contributed by atoms with Gasteiger partial charge in [0.2, 0.25) is 11.9 Å². The van der Waals surface area contributed by atoms with Gasteiger partial charge in [0.05, 0.1) is 30.2 Å². The highest BCUT2D eigenvalue weighted by Gasteiger charge is 2.36. The molecule has 1 fully saturated rings. The molecule has 1 aliphatic rings. The van der Waals surface area contributed by atoms with E-state index >= 15 is 0 Å². The van der Waals surface area contributed by atoms with Crippen molar-refractivity contribution < 1.29 is 28.6 Å². The number of rotatable bonds is 5. The lowest BCUT2D eigenvalue weighted by molar-refractivity contribution is -0.141. The zero-order chi connectivity index (χ0) is 19.6. The Kier molecular flexibility index (Phi) is 5.02. The largest absolute Gasteiger partial charge is 0.433 e. The molecule has 1 saturated carbocycles. The first kappa shape index (κ1) is 18.7. The number of carbonyl (C=O) groups is 2. The van der Waals surface area contributed by atoms with Crippen LogP contribution in [0.25, 0.3) is 0 Å². The number of hydrogen-bond donors (Lipinski definition) is 2. The Labute approximate surface area is 151 Å². The Morgan fingerprint density at radius 1 is 1.19 bits per heavy atom. The van der Waals surface area contributed by atoms with Crippen LogP contribution >= 0.6 is 0 Å². The Morgan fingerprint density at radius 2 is 1.85 bits per heavy atom. The van der Waals surface area contributed by atoms with E-state index < -0.39 is 36.0 Å². The first-order valence-electron chi connectivity index (χ1n) is 7.88. The summed E-state index contributed by atoms with van der Waals surface area (Å²) in [5, 5.41) is 4.56. The van der Waals surface area contributed by atoms with Crippen molar-refractivity contribution in [3.8, 4) is 0 Å². The Balaban J connectivity index is 0.00000280. The van der Waals surface area contributed by atoms with Gasteiger partial charge in [0, 0.05) is 7.34 Å². The molecule has 0 saturated heterocycles. The van der Waals surface area contributed by atoms with Crippen molar-refractivity contribution in [2.45, 2.75) is 24.9 Å². The molecule has 0 aromatic carbocycles. The number of nitrogens with one attached hydrogen (secondary N) is 2. The van der Waals surface area contributed by atoms with Crippen molar-refractivity contribution in [2.75, 3.05) is 11.9 Å². The predicted octanol–water partition coefficient (Wildman–Crippen LogP) is 2.52. The van der Waals surface area contributed by atoms with E-state index in [0.29, 0.717) is 12.8 Å². The molecule has 2 aromatic heterocycles. The molecular weight excluding hydrogens is 370 g/mol. The maximum Gasteiger partial charge on any atom is 0.433 e. The number of hydrogen-bond acceptors (Lipinski definition) is 5. The minimum absolute atomic E-state index is 0. The van der Waals surface area contributed by atoms with E-state index in [4.69, 9.17) is 0 Å². The number of halogens is 4. The molecule has 3 rings (SSSR count). The number of alkyl halides is 3. The molecule has 0 spiro atoms. The Bertz CT molecular complexity index is 872. The SMILES string of the molecule is O=C(CNC(=O)c1ccc(C(F)(F)F)nc1C1CC1)Nc1ncc(F)cn1.[HH]. The van der Waals surface area contributed by atoms with Crippen molar-refractivity contribution >= 4 is 17.8 Å². The monoisotopic (exact) mass is 385 g/mol. The van der Waals surface area contributed by atoms with Crippen LogP contribution in [-0.4, -0.2) is 33.3 Å². The Morgan fingerprint density at radius 3 is 2.44 bits per heavy atom. The fourth-order valence-corrected chi connectivity index (χ4v) is 2.29. The summed E-state index contributed by atoms with van der Waals surface area (Å²) in [5.41, 5.74) is -0.993. The van der Waals surface area contributed by atoms with E-state index in [0.717, 1.165) is 24.5 Å². The zero-order valence-corrected chi connectivity index (χ0v) is 13.7. The summed E-state index contributed by atoms with van der Waals surface area (Å²) in [4.78, 5) is 34.7. The van der Waals surface area contributed by atoms with Gasteiger partial charge in [-0.1, -0.05) is 0 Å². The molecule has 0 unspecified atom stereocenters. The third kappa shape index (κ3) is 4.74. The molecule has 7 nitrogen and oxygen atoms in total. The van der Waals surface area contributed by atoms with Gasteiger partial charge in [-0.2, -0.15) is 13.2 Å². The molecule has 0 bridgehead atoms. The maximum absolute atomic E-state index is 12.8. The highest BCUT2D eigenvalue weighted by Crippen LogP contribution is 2.41. The lowest BCUT2D eigenvalue weighted by Gasteiger charge is -2.12. The topological polar surface area (TPSA) is 96.9 Å². The standard InChI is InChI=1S/C16H13F4N5O2.H2/c17-9-5-22-15(23-6-9)25-12(26)7-21-14(27)10-3-4-11(16(18,19)20)24-13(10)8-1-2-8;/h3-6,8H,1-2,7H2,(H,21,27)(H,22,23,25,26);1H. The van der Waals surface area contributed by atoms with Crippen molar-refractivity contribution in [3.05, 3.63) is 47.3 Å². The molecule has 2 N–H and O–H groups in total. The van der Waals surface area contributed by atoms with Gasteiger partial charge in [-0.05, 0) is 25.0 Å². The van der Waals surface area contributed by atoms with Crippen molar-refractivity contribution in [3.63, 3.8) is 0 Å². The molecule has 0 atom stereocenters. The summed E-state index contributed by atoms with van der Waals surface area (Å²) in [7, 11) is 0. The van der Waals surface area contributed by atoms with E-state index in [2.05, 4.69) is 25.6 Å². The van der Waals surface area contributed by atoms with E-state index in [9.17, 15) is 27.2 Å². The smallest absolute Gasteiger partial charge is 0.343 e. The Hall–Kier alpha value is -3.11. The van der Waals surface area contributed by atoms with Crippen LogP contribution in [0.1, 0.15) is 41.9 Å². The molecule has 1 aliphatic carbocycles. The summed E-state index contributed by atoms with van der Waals surface area (Å²) in [6, 6.07) is 1.78. The van der Waals surface area contributed by atoms with Crippen LogP contribution in [0.3, 0.4) is 0 Å². The third-order valence-corrected chi connectivity index (χ3v) is 3.70. The number of pyridine rings is 1. The predicted molar refractivity (Wildman–Crippen MR) is 86.3 cm³/mol. The molecule has 27 heavy (non-hydrogen) atoms. The molecule has 2 heterocycles. The first-order valence-corrected chi connectivity index (χ1v) is 7.88. The van der Waals surface area contributed by atoms with Crippen molar-refractivity contribution in [1.29, 1.82) is 0 Å². The maximum atomic E-state index is 12.8. The fourth-order valence-electron chi connectivity index (χ4n) is 2.29. The molecule has 11 heteroatoms. The lowest BCUT2D eigenvalue weighted by atomic mass is 10.1. The molecule has 144 valence electrons. The minimum atomic E-state index is -4.60. The highest BCUT2D eigenvalue weighted by molar-refractivity contribution is 5.99. The molecular formula is C16H15F4N5O2. The number of anilines is 1. The fraction of sp³-hybridized carbons (Fsp3) is 0.312. The van der Waals surface area contributed by atoms with Gasteiger partial charge in [0.1, 0.15) is 5.69 Å². The van der Waals surface area contributed by atoms with Crippen LogP contribution in [0, 0.1) is 5.82 Å². The average Bonchev–Trinajstić information content (AvgIpc) is 3.45. The van der Waals surface area contributed by atoms with Gasteiger partial charge in [0.25, 0.3) is 5.91 Å². The van der Waals surface area contributed by atoms with Crippen LogP contribution in [0.4, 0.5) is 23.5 Å². The lowest BCUT2D eigenvalue weighted by Crippen LogP contribution is -2.34. The number of amides is 2. The average molecular weight is 385 g/mol. The summed E-state index contributed by atoms with van der Waals surface area (Å²) in [6.45, 7) is -0.468. The highest BCUT2D eigenvalue weighted by atomic mass is 19.4. The van der Waals surface area contributed by atoms with Crippen molar-refractivity contribution in [1.82, 2.24) is 20.3 Å². The van der Waals surface area contributed by atoms with E-state index in [-0.39, 0.29) is 24.6 Å². The van der Waals surface area contributed by atoms with Crippen LogP contribution in [-0.2, 0) is 11.0 Å². The van der Waals surface area contributed by atoms with Gasteiger partial charge in [0.15, 0.2) is 5.82 Å². The molecule has 2 aromatic rings. The van der Waals surface area contributed by atoms with Crippen LogP contribution < -0.4 is 10.6 Å². The summed E-state index contributed by atoms with van der Waals surface area (Å²) in [6.07, 6.45) is -1.59. The van der Waals surface area contributed by atoms with E-state index in [1.54, 1.807) is 0 Å². The zero-order valence-electron chi connectivity index (χ0n) is 13.7. The van der Waals surface area contributed by atoms with Gasteiger partial charge < -0.3 is 5.32 Å². The summed E-state index contributed by atoms with van der Waals surface area (Å²) < 4.78 is 51.2. The second-order valence-corrected chi connectivity index (χ2v) is 5.86. The number of nitrogens with zero attached hydrogens (tertiary/aromatic N) is 3. The second-order valence-electron chi connectivity index (χ2n) is 5.86. The number of carbonyl (C=O) groups excluding carboxylic acids is 2.